The van der Waals surface area contributed by atoms with Crippen LogP contribution < -0.4 is 14.8 Å². The molecule has 2 aromatic rings. The molecule has 0 unspecified atom stereocenters. The van der Waals surface area contributed by atoms with Crippen LogP contribution in [0.5, 0.6) is 11.5 Å². The maximum atomic E-state index is 12.2. The third kappa shape index (κ3) is 5.82. The first-order valence-corrected chi connectivity index (χ1v) is 9.10. The molecule has 1 amide bonds. The van der Waals surface area contributed by atoms with E-state index >= 15 is 0 Å². The number of ketones is 1. The van der Waals surface area contributed by atoms with Gasteiger partial charge in [-0.15, -0.1) is 11.3 Å². The second-order valence-electron chi connectivity index (χ2n) is 5.47. The van der Waals surface area contributed by atoms with Crippen molar-refractivity contribution in [2.45, 2.75) is 20.4 Å². The van der Waals surface area contributed by atoms with E-state index in [0.29, 0.717) is 29.5 Å². The molecule has 0 aliphatic rings. The zero-order chi connectivity index (χ0) is 19.8. The fourth-order valence-corrected chi connectivity index (χ4v) is 3.06. The molecular formula is C19H21NO6S. The van der Waals surface area contributed by atoms with Gasteiger partial charge in [0.1, 0.15) is 0 Å². The van der Waals surface area contributed by atoms with E-state index in [1.165, 1.54) is 31.4 Å². The lowest BCUT2D eigenvalue weighted by molar-refractivity contribution is -0.119. The molecule has 8 heteroatoms. The minimum absolute atomic E-state index is 0.143. The molecule has 0 aliphatic carbocycles. The number of hydrogen-bond donors (Lipinski definition) is 1. The van der Waals surface area contributed by atoms with Crippen LogP contribution in [0.15, 0.2) is 30.3 Å². The number of Topliss-reactive ketones (excluding diaryl/α,β-unsaturated/α-hetero) is 1. The lowest BCUT2D eigenvalue weighted by Gasteiger charge is -2.10. The maximum Gasteiger partial charge on any atom is 0.338 e. The van der Waals surface area contributed by atoms with E-state index in [1.54, 1.807) is 24.3 Å². The van der Waals surface area contributed by atoms with Crippen molar-refractivity contribution < 1.29 is 28.6 Å². The fraction of sp³-hybridized carbons (Fsp3) is 0.316. The number of ether oxygens (including phenoxy) is 3. The highest BCUT2D eigenvalue weighted by molar-refractivity contribution is 7.14. The summed E-state index contributed by atoms with van der Waals surface area (Å²) in [6.45, 7) is 3.74. The summed E-state index contributed by atoms with van der Waals surface area (Å²) < 4.78 is 15.7. The van der Waals surface area contributed by atoms with Crippen molar-refractivity contribution in [1.29, 1.82) is 0 Å². The normalized spacial score (nSPS) is 10.2. The molecule has 0 aliphatic heterocycles. The molecule has 0 fully saturated rings. The smallest absolute Gasteiger partial charge is 0.338 e. The molecule has 1 heterocycles. The number of carbonyl (C=O) groups is 3. The van der Waals surface area contributed by atoms with Crippen LogP contribution in [0.25, 0.3) is 0 Å². The average molecular weight is 391 g/mol. The number of methoxy groups -OCH3 is 1. The quantitative estimate of drug-likeness (QED) is 0.522. The van der Waals surface area contributed by atoms with E-state index < -0.39 is 5.97 Å². The van der Waals surface area contributed by atoms with Gasteiger partial charge in [-0.05, 0) is 37.3 Å². The van der Waals surface area contributed by atoms with Crippen LogP contribution in [-0.4, -0.2) is 38.0 Å². The second kappa shape index (κ2) is 9.72. The van der Waals surface area contributed by atoms with E-state index in [0.717, 1.165) is 4.88 Å². The Morgan fingerprint density at radius 1 is 1.11 bits per heavy atom. The monoisotopic (exact) mass is 391 g/mol. The number of esters is 1. The standard InChI is InChI=1S/C19H21NO6S/c1-4-25-16-7-5-13(9-17(16)24-3)19(23)26-11-15(22)18-8-6-14(27-18)10-20-12(2)21/h5-9H,4,10-11H2,1-3H3,(H,20,21). The van der Waals surface area contributed by atoms with E-state index in [4.69, 9.17) is 14.2 Å². The zero-order valence-corrected chi connectivity index (χ0v) is 16.2. The molecule has 0 bridgehead atoms. The average Bonchev–Trinajstić information content (AvgIpc) is 3.14. The van der Waals surface area contributed by atoms with Gasteiger partial charge >= 0.3 is 5.97 Å². The van der Waals surface area contributed by atoms with Gasteiger partial charge in [0.05, 0.1) is 30.7 Å². The van der Waals surface area contributed by atoms with Crippen molar-refractivity contribution >= 4 is 29.0 Å². The topological polar surface area (TPSA) is 90.9 Å². The molecule has 0 radical (unpaired) electrons. The molecule has 2 rings (SSSR count). The van der Waals surface area contributed by atoms with E-state index in [2.05, 4.69) is 5.32 Å². The Kier molecular flexibility index (Phi) is 7.36. The predicted octanol–water partition coefficient (Wildman–Crippen LogP) is 2.83. The Morgan fingerprint density at radius 2 is 1.89 bits per heavy atom. The Labute approximate surface area is 161 Å². The molecular weight excluding hydrogens is 370 g/mol. The first kappa shape index (κ1) is 20.4. The molecule has 27 heavy (non-hydrogen) atoms. The van der Waals surface area contributed by atoms with Crippen LogP contribution in [0.3, 0.4) is 0 Å². The molecule has 0 spiro atoms. The Balaban J connectivity index is 1.94. The first-order valence-electron chi connectivity index (χ1n) is 8.29. The lowest BCUT2D eigenvalue weighted by atomic mass is 10.2. The van der Waals surface area contributed by atoms with Crippen molar-refractivity contribution in [2.75, 3.05) is 20.3 Å². The van der Waals surface area contributed by atoms with Crippen molar-refractivity contribution in [3.05, 3.63) is 45.6 Å². The van der Waals surface area contributed by atoms with Gasteiger partial charge in [0.25, 0.3) is 0 Å². The van der Waals surface area contributed by atoms with Gasteiger partial charge in [0.15, 0.2) is 18.1 Å². The fourth-order valence-electron chi connectivity index (χ4n) is 2.19. The van der Waals surface area contributed by atoms with Crippen LogP contribution in [0.2, 0.25) is 0 Å². The van der Waals surface area contributed by atoms with Crippen LogP contribution in [0.1, 0.15) is 38.8 Å². The van der Waals surface area contributed by atoms with Crippen LogP contribution >= 0.6 is 11.3 Å². The van der Waals surface area contributed by atoms with E-state index in [1.807, 2.05) is 6.92 Å². The third-order valence-electron chi connectivity index (χ3n) is 3.48. The van der Waals surface area contributed by atoms with Gasteiger partial charge in [0, 0.05) is 11.8 Å². The summed E-state index contributed by atoms with van der Waals surface area (Å²) >= 11 is 1.25. The highest BCUT2D eigenvalue weighted by Gasteiger charge is 2.16. The Morgan fingerprint density at radius 3 is 2.56 bits per heavy atom. The van der Waals surface area contributed by atoms with Crippen molar-refractivity contribution in [3.8, 4) is 11.5 Å². The van der Waals surface area contributed by atoms with Gasteiger partial charge in [-0.3, -0.25) is 9.59 Å². The zero-order valence-electron chi connectivity index (χ0n) is 15.4. The number of rotatable bonds is 9. The van der Waals surface area contributed by atoms with Gasteiger partial charge in [-0.1, -0.05) is 0 Å². The first-order chi connectivity index (χ1) is 12.9. The van der Waals surface area contributed by atoms with Gasteiger partial charge in [0.2, 0.25) is 11.7 Å². The summed E-state index contributed by atoms with van der Waals surface area (Å²) in [6, 6.07) is 8.09. The number of carbonyl (C=O) groups excluding carboxylic acids is 3. The van der Waals surface area contributed by atoms with Crippen LogP contribution in [-0.2, 0) is 16.1 Å². The number of benzene rings is 1. The third-order valence-corrected chi connectivity index (χ3v) is 4.61. The summed E-state index contributed by atoms with van der Waals surface area (Å²) in [6.07, 6.45) is 0. The number of nitrogens with one attached hydrogen (secondary N) is 1. The van der Waals surface area contributed by atoms with Gasteiger partial charge in [-0.25, -0.2) is 4.79 Å². The van der Waals surface area contributed by atoms with Crippen LogP contribution in [0.4, 0.5) is 0 Å². The second-order valence-corrected chi connectivity index (χ2v) is 6.64. The van der Waals surface area contributed by atoms with Crippen molar-refractivity contribution in [3.63, 3.8) is 0 Å². The summed E-state index contributed by atoms with van der Waals surface area (Å²) in [7, 11) is 1.48. The molecule has 0 atom stereocenters. The minimum Gasteiger partial charge on any atom is -0.493 e. The van der Waals surface area contributed by atoms with E-state index in [9.17, 15) is 14.4 Å². The predicted molar refractivity (Wildman–Crippen MR) is 101 cm³/mol. The lowest BCUT2D eigenvalue weighted by Crippen LogP contribution is -2.18. The highest BCUT2D eigenvalue weighted by atomic mass is 32.1. The molecule has 144 valence electrons. The number of hydrogen-bond acceptors (Lipinski definition) is 7. The van der Waals surface area contributed by atoms with Crippen molar-refractivity contribution in [1.82, 2.24) is 5.32 Å². The molecule has 0 saturated carbocycles. The summed E-state index contributed by atoms with van der Waals surface area (Å²) in [4.78, 5) is 36.6. The van der Waals surface area contributed by atoms with E-state index in [-0.39, 0.29) is 23.9 Å². The molecule has 7 nitrogen and oxygen atoms in total. The van der Waals surface area contributed by atoms with Crippen LogP contribution in [0, 0.1) is 0 Å². The minimum atomic E-state index is -0.625. The number of amides is 1. The van der Waals surface area contributed by atoms with Crippen molar-refractivity contribution in [2.24, 2.45) is 0 Å². The Hall–Kier alpha value is -2.87. The summed E-state index contributed by atoms with van der Waals surface area (Å²) in [5, 5.41) is 2.66. The largest absolute Gasteiger partial charge is 0.493 e. The van der Waals surface area contributed by atoms with Gasteiger partial charge < -0.3 is 19.5 Å². The Bertz CT molecular complexity index is 829. The SMILES string of the molecule is CCOc1ccc(C(=O)OCC(=O)c2ccc(CNC(C)=O)s2)cc1OC. The summed E-state index contributed by atoms with van der Waals surface area (Å²) in [5.41, 5.74) is 0.264. The molecule has 1 N–H and O–H groups in total. The summed E-state index contributed by atoms with van der Waals surface area (Å²) in [5.74, 6) is -0.132. The highest BCUT2D eigenvalue weighted by Crippen LogP contribution is 2.28. The number of thiophene rings is 1. The molecule has 1 aromatic heterocycles. The molecule has 1 aromatic carbocycles. The maximum absolute atomic E-state index is 12.2. The van der Waals surface area contributed by atoms with Gasteiger partial charge in [-0.2, -0.15) is 0 Å². The molecule has 0 saturated heterocycles.